The molecule has 3 rings (SSSR count). The van der Waals surface area contributed by atoms with Gasteiger partial charge >= 0.3 is 5.97 Å². The molecule has 2 aliphatic heterocycles. The van der Waals surface area contributed by atoms with Gasteiger partial charge in [-0.15, -0.1) is 23.1 Å². The Balaban J connectivity index is 1.66. The van der Waals surface area contributed by atoms with Crippen LogP contribution < -0.4 is 10.6 Å². The number of nitrogens with zero attached hydrogens (tertiary/aromatic N) is 2. The van der Waals surface area contributed by atoms with Crippen molar-refractivity contribution >= 4 is 62.8 Å². The Morgan fingerprint density at radius 3 is 2.78 bits per heavy atom. The normalized spacial score (nSPS) is 23.8. The number of aliphatic imine (C=N–C) groups is 1. The van der Waals surface area contributed by atoms with Gasteiger partial charge < -0.3 is 15.4 Å². The van der Waals surface area contributed by atoms with E-state index in [1.807, 2.05) is 25.3 Å². The second-order valence-electron chi connectivity index (χ2n) is 10.9. The topological polar surface area (TPSA) is 127 Å². The third-order valence-corrected chi connectivity index (χ3v) is 9.87. The molecule has 0 aromatic carbocycles. The van der Waals surface area contributed by atoms with E-state index in [1.165, 1.54) is 54.1 Å². The van der Waals surface area contributed by atoms with Gasteiger partial charge in [-0.05, 0) is 31.8 Å². The average molecular weight is 623 g/mol. The summed E-state index contributed by atoms with van der Waals surface area (Å²) >= 11 is 4.18. The molecule has 2 N–H and O–H groups in total. The maximum absolute atomic E-state index is 13.3. The summed E-state index contributed by atoms with van der Waals surface area (Å²) in [6, 6.07) is -0.896. The number of hydrogen-bond donors (Lipinski definition) is 2. The number of thioether (sulfide) groups is 2. The van der Waals surface area contributed by atoms with Crippen molar-refractivity contribution in [2.45, 2.75) is 103 Å². The summed E-state index contributed by atoms with van der Waals surface area (Å²) in [6.45, 7) is 7.83. The van der Waals surface area contributed by atoms with Gasteiger partial charge in [-0.1, -0.05) is 64.3 Å². The molecule has 0 saturated heterocycles. The first-order valence-electron chi connectivity index (χ1n) is 14.4. The van der Waals surface area contributed by atoms with Crippen molar-refractivity contribution in [2.24, 2.45) is 10.9 Å². The Kier molecular flexibility index (Phi) is 13.4. The Morgan fingerprint density at radius 2 is 2.02 bits per heavy atom. The van der Waals surface area contributed by atoms with Crippen LogP contribution in [0.2, 0.25) is 0 Å². The van der Waals surface area contributed by atoms with Crippen molar-refractivity contribution in [3.63, 3.8) is 0 Å². The fraction of sp³-hybridized carbons (Fsp3) is 0.655. The maximum atomic E-state index is 13.3. The lowest BCUT2D eigenvalue weighted by Crippen LogP contribution is -2.53. The van der Waals surface area contributed by atoms with Gasteiger partial charge in [-0.25, -0.2) is 9.78 Å². The largest absolute Gasteiger partial charge is 0.456 e. The predicted molar refractivity (Wildman–Crippen MR) is 167 cm³/mol. The molecule has 0 fully saturated rings. The van der Waals surface area contributed by atoms with Crippen LogP contribution in [0.3, 0.4) is 0 Å². The standard InChI is InChI=1S/C29H42N4O5S3/c1-5-6-7-8-9-13-24(35)39-14-11-10-12-20-15-22(34)30-16-23-31-21(17-40-23)26-33-29(4,18-41-26)28(37)32-25(19(2)3)27(36)38-20/h10,12,17,19-20,25H,5-9,11,13-16,18H2,1-4H3,(H,30,34)(H,32,37)/b12-10+/t20-,25?,29-/m0/s1. The number of thiazole rings is 1. The predicted octanol–water partition coefficient (Wildman–Crippen LogP) is 5.03. The minimum atomic E-state index is -1.04. The maximum Gasteiger partial charge on any atom is 0.329 e. The number of fused-ring (bicyclic) bond motifs is 4. The van der Waals surface area contributed by atoms with Gasteiger partial charge in [-0.2, -0.15) is 0 Å². The number of hydrogen-bond acceptors (Lipinski definition) is 10. The highest BCUT2D eigenvalue weighted by Crippen LogP contribution is 2.32. The molecule has 3 atom stereocenters. The number of carbonyl (C=O) groups is 4. The molecule has 12 heteroatoms. The van der Waals surface area contributed by atoms with Gasteiger partial charge in [0.05, 0.1) is 13.0 Å². The fourth-order valence-electron chi connectivity index (χ4n) is 4.26. The van der Waals surface area contributed by atoms with Crippen LogP contribution >= 0.6 is 34.9 Å². The lowest BCUT2D eigenvalue weighted by molar-refractivity contribution is -0.153. The molecule has 41 heavy (non-hydrogen) atoms. The smallest absolute Gasteiger partial charge is 0.329 e. The lowest BCUT2D eigenvalue weighted by Gasteiger charge is -2.27. The van der Waals surface area contributed by atoms with E-state index in [1.54, 1.807) is 13.0 Å². The molecule has 0 radical (unpaired) electrons. The van der Waals surface area contributed by atoms with Crippen molar-refractivity contribution in [1.29, 1.82) is 0 Å². The molecule has 1 unspecified atom stereocenters. The summed E-state index contributed by atoms with van der Waals surface area (Å²) in [6.07, 6.45) is 9.42. The number of unbranched alkanes of at least 4 members (excludes halogenated alkanes) is 4. The molecule has 0 spiro atoms. The highest BCUT2D eigenvalue weighted by molar-refractivity contribution is 8.14. The van der Waals surface area contributed by atoms with Crippen molar-refractivity contribution < 1.29 is 23.9 Å². The van der Waals surface area contributed by atoms with Crippen LogP contribution in [0.1, 0.15) is 89.8 Å². The van der Waals surface area contributed by atoms with Gasteiger partial charge in [0.25, 0.3) is 0 Å². The summed E-state index contributed by atoms with van der Waals surface area (Å²) < 4.78 is 5.77. The van der Waals surface area contributed by atoms with E-state index < -0.39 is 23.7 Å². The summed E-state index contributed by atoms with van der Waals surface area (Å²) in [7, 11) is 0. The minimum Gasteiger partial charge on any atom is -0.456 e. The Bertz CT molecular complexity index is 1140. The lowest BCUT2D eigenvalue weighted by atomic mass is 10.0. The van der Waals surface area contributed by atoms with Gasteiger partial charge in [0.1, 0.15) is 33.4 Å². The van der Waals surface area contributed by atoms with Crippen molar-refractivity contribution in [1.82, 2.24) is 15.6 Å². The zero-order chi connectivity index (χ0) is 29.8. The molecule has 0 saturated carbocycles. The summed E-state index contributed by atoms with van der Waals surface area (Å²) in [5, 5.41) is 9.17. The molecule has 3 heterocycles. The first kappa shape index (κ1) is 33.3. The van der Waals surface area contributed by atoms with E-state index in [-0.39, 0.29) is 35.8 Å². The quantitative estimate of drug-likeness (QED) is 0.200. The zero-order valence-corrected chi connectivity index (χ0v) is 26.9. The second kappa shape index (κ2) is 16.5. The third kappa shape index (κ3) is 10.6. The highest BCUT2D eigenvalue weighted by Gasteiger charge is 2.41. The number of amides is 2. The number of nitrogens with one attached hydrogen (secondary N) is 2. The van der Waals surface area contributed by atoms with Crippen LogP contribution in [-0.2, 0) is 30.5 Å². The van der Waals surface area contributed by atoms with Crippen molar-refractivity contribution in [3.8, 4) is 0 Å². The van der Waals surface area contributed by atoms with Crippen LogP contribution in [-0.4, -0.2) is 62.1 Å². The minimum absolute atomic E-state index is 0.0661. The van der Waals surface area contributed by atoms with E-state index >= 15 is 0 Å². The molecule has 9 nitrogen and oxygen atoms in total. The van der Waals surface area contributed by atoms with Crippen LogP contribution in [0.5, 0.6) is 0 Å². The summed E-state index contributed by atoms with van der Waals surface area (Å²) in [4.78, 5) is 60.7. The molecule has 1 aromatic rings. The molecular formula is C29H42N4O5S3. The van der Waals surface area contributed by atoms with Gasteiger partial charge in [0.2, 0.25) is 11.8 Å². The number of rotatable bonds is 11. The monoisotopic (exact) mass is 622 g/mol. The number of ether oxygens (including phenoxy) is 1. The van der Waals surface area contributed by atoms with Gasteiger partial charge in [0, 0.05) is 23.3 Å². The zero-order valence-electron chi connectivity index (χ0n) is 24.4. The van der Waals surface area contributed by atoms with E-state index in [0.29, 0.717) is 35.1 Å². The Morgan fingerprint density at radius 1 is 1.24 bits per heavy atom. The SMILES string of the molecule is CCCCCCCC(=O)SCC/C=C/[C@H]1CC(=O)NCc2nc(cs2)C2=N[C@@](C)(CS2)C(=O)NC(C(C)C)C(=O)O1. The van der Waals surface area contributed by atoms with Crippen LogP contribution in [0.15, 0.2) is 22.5 Å². The fourth-order valence-corrected chi connectivity index (χ4v) is 6.96. The summed E-state index contributed by atoms with van der Waals surface area (Å²) in [5.41, 5.74) is -0.354. The van der Waals surface area contributed by atoms with Crippen LogP contribution in [0.4, 0.5) is 0 Å². The number of carbonyl (C=O) groups excluding carboxylic acids is 4. The Hall–Kier alpha value is -2.18. The number of cyclic esters (lactones) is 1. The molecule has 226 valence electrons. The Labute approximate surface area is 255 Å². The molecule has 2 aliphatic rings. The molecule has 1 aromatic heterocycles. The summed E-state index contributed by atoms with van der Waals surface area (Å²) in [5.74, 6) is -0.424. The van der Waals surface area contributed by atoms with E-state index in [2.05, 4.69) is 27.5 Å². The second-order valence-corrected chi connectivity index (χ2v) is 13.9. The van der Waals surface area contributed by atoms with Gasteiger partial charge in [-0.3, -0.25) is 19.4 Å². The van der Waals surface area contributed by atoms with E-state index in [9.17, 15) is 19.2 Å². The number of esters is 1. The van der Waals surface area contributed by atoms with Crippen LogP contribution in [0.25, 0.3) is 0 Å². The average Bonchev–Trinajstić information content (AvgIpc) is 3.56. The molecule has 2 amide bonds. The van der Waals surface area contributed by atoms with E-state index in [0.717, 1.165) is 17.8 Å². The van der Waals surface area contributed by atoms with Crippen molar-refractivity contribution in [3.05, 3.63) is 28.2 Å². The van der Waals surface area contributed by atoms with E-state index in [4.69, 9.17) is 4.74 Å². The van der Waals surface area contributed by atoms with Gasteiger partial charge in [0.15, 0.2) is 5.12 Å². The number of aromatic nitrogens is 1. The molecule has 0 aliphatic carbocycles. The van der Waals surface area contributed by atoms with Crippen LogP contribution in [0, 0.1) is 5.92 Å². The highest BCUT2D eigenvalue weighted by atomic mass is 32.2. The first-order chi connectivity index (χ1) is 19.6. The molecule has 4 bridgehead atoms. The third-order valence-electron chi connectivity index (χ3n) is 6.78. The molecular weight excluding hydrogens is 581 g/mol. The first-order valence-corrected chi connectivity index (χ1v) is 17.2. The number of allylic oxidation sites excluding steroid dienone is 1. The van der Waals surface area contributed by atoms with Crippen molar-refractivity contribution in [2.75, 3.05) is 11.5 Å².